The highest BCUT2D eigenvalue weighted by molar-refractivity contribution is 7.18. The number of halogens is 2. The number of amides is 1. The third-order valence-corrected chi connectivity index (χ3v) is 6.52. The van der Waals surface area contributed by atoms with Crippen LogP contribution in [0.5, 0.6) is 0 Å². The van der Waals surface area contributed by atoms with Crippen LogP contribution >= 0.6 is 11.3 Å². The zero-order chi connectivity index (χ0) is 25.3. The lowest BCUT2D eigenvalue weighted by atomic mass is 10.1. The predicted molar refractivity (Wildman–Crippen MR) is 126 cm³/mol. The van der Waals surface area contributed by atoms with Crippen LogP contribution in [0.2, 0.25) is 0 Å². The van der Waals surface area contributed by atoms with Crippen molar-refractivity contribution in [1.29, 1.82) is 0 Å². The monoisotopic (exact) mass is 498 g/mol. The first kappa shape index (κ1) is 24.1. The first-order chi connectivity index (χ1) is 16.7. The summed E-state index contributed by atoms with van der Waals surface area (Å²) in [6.45, 7) is 4.69. The largest absolute Gasteiger partial charge is 0.462 e. The number of esters is 1. The van der Waals surface area contributed by atoms with Gasteiger partial charge in [0.2, 0.25) is 0 Å². The number of hydrogen-bond donors (Lipinski definition) is 1. The van der Waals surface area contributed by atoms with E-state index in [1.165, 1.54) is 13.0 Å². The van der Waals surface area contributed by atoms with Crippen molar-refractivity contribution in [1.82, 2.24) is 14.6 Å². The van der Waals surface area contributed by atoms with Crippen LogP contribution in [0.25, 0.3) is 16.9 Å². The molecule has 3 heterocycles. The van der Waals surface area contributed by atoms with Gasteiger partial charge in [0.25, 0.3) is 12.3 Å². The van der Waals surface area contributed by atoms with Crippen LogP contribution in [0.4, 0.5) is 13.8 Å². The third-order valence-electron chi connectivity index (χ3n) is 5.21. The molecular formula is C24H20F2N4O4S. The molecule has 0 spiro atoms. The Hall–Kier alpha value is -3.99. The fourth-order valence-corrected chi connectivity index (χ4v) is 4.70. The van der Waals surface area contributed by atoms with Gasteiger partial charge in [-0.2, -0.15) is 5.10 Å². The summed E-state index contributed by atoms with van der Waals surface area (Å²) in [5.74, 6) is -1.68. The number of nitrogens with one attached hydrogen (secondary N) is 1. The zero-order valence-electron chi connectivity index (χ0n) is 19.0. The van der Waals surface area contributed by atoms with Crippen LogP contribution in [-0.2, 0) is 4.74 Å². The number of thiophene rings is 1. The molecule has 3 aromatic heterocycles. The average molecular weight is 499 g/mol. The van der Waals surface area contributed by atoms with Gasteiger partial charge in [0.1, 0.15) is 16.3 Å². The van der Waals surface area contributed by atoms with E-state index in [1.54, 1.807) is 44.2 Å². The molecule has 35 heavy (non-hydrogen) atoms. The second kappa shape index (κ2) is 9.71. The number of hydrogen-bond acceptors (Lipinski definition) is 7. The fourth-order valence-electron chi connectivity index (χ4n) is 3.62. The lowest BCUT2D eigenvalue weighted by molar-refractivity contribution is 0.0527. The number of alkyl halides is 2. The van der Waals surface area contributed by atoms with Crippen LogP contribution in [0.3, 0.4) is 0 Å². The Labute approximate surface area is 202 Å². The minimum Gasteiger partial charge on any atom is -0.462 e. The van der Waals surface area contributed by atoms with Crippen LogP contribution in [0.1, 0.15) is 61.9 Å². The van der Waals surface area contributed by atoms with Crippen molar-refractivity contribution in [2.24, 2.45) is 0 Å². The normalized spacial score (nSPS) is 11.1. The van der Waals surface area contributed by atoms with Gasteiger partial charge in [-0.05, 0) is 32.4 Å². The Morgan fingerprint density at radius 2 is 1.91 bits per heavy atom. The summed E-state index contributed by atoms with van der Waals surface area (Å²) in [5.41, 5.74) is 0.728. The molecule has 4 aromatic rings. The van der Waals surface area contributed by atoms with E-state index >= 15 is 0 Å². The molecule has 1 amide bonds. The molecule has 1 aromatic carbocycles. The first-order valence-corrected chi connectivity index (χ1v) is 11.4. The standard InChI is InChI=1S/C24H20F2N4O4S/c1-4-34-24(33)18-12(2)19(13(3)31)35-23(18)29-22(32)15-11-27-30-17(20(25)26)10-16(28-21(15)30)14-8-6-5-7-9-14/h5-11,20H,4H2,1-3H3,(H,29,32). The summed E-state index contributed by atoms with van der Waals surface area (Å²) in [4.78, 5) is 42.5. The van der Waals surface area contributed by atoms with Crippen molar-refractivity contribution < 1.29 is 27.9 Å². The molecule has 0 atom stereocenters. The molecular weight excluding hydrogens is 478 g/mol. The molecule has 180 valence electrons. The average Bonchev–Trinajstić information content (AvgIpc) is 3.40. The number of anilines is 1. The Bertz CT molecular complexity index is 1450. The number of Topliss-reactive ketones (excluding diaryl/α,β-unsaturated/α-hetero) is 1. The van der Waals surface area contributed by atoms with E-state index in [-0.39, 0.29) is 39.9 Å². The van der Waals surface area contributed by atoms with Crippen LogP contribution in [-0.4, -0.2) is 38.9 Å². The number of nitrogens with zero attached hydrogens (tertiary/aromatic N) is 3. The second-order valence-corrected chi connectivity index (χ2v) is 8.54. The van der Waals surface area contributed by atoms with Crippen LogP contribution < -0.4 is 5.32 Å². The number of carbonyl (C=O) groups is 3. The molecule has 0 fully saturated rings. The molecule has 0 saturated heterocycles. The summed E-state index contributed by atoms with van der Waals surface area (Å²) in [6.07, 6.45) is -1.73. The van der Waals surface area contributed by atoms with E-state index in [0.29, 0.717) is 16.0 Å². The molecule has 0 unspecified atom stereocenters. The quantitative estimate of drug-likeness (QED) is 0.273. The molecule has 4 rings (SSSR count). The number of ketones is 1. The van der Waals surface area contributed by atoms with Crippen LogP contribution in [0, 0.1) is 6.92 Å². The molecule has 11 heteroatoms. The van der Waals surface area contributed by atoms with E-state index in [9.17, 15) is 23.2 Å². The number of benzene rings is 1. The van der Waals surface area contributed by atoms with Gasteiger partial charge < -0.3 is 10.1 Å². The minimum absolute atomic E-state index is 0.0677. The van der Waals surface area contributed by atoms with Gasteiger partial charge in [0, 0.05) is 5.56 Å². The molecule has 0 aliphatic rings. The summed E-state index contributed by atoms with van der Waals surface area (Å²) in [6, 6.07) is 9.93. The Morgan fingerprint density at radius 3 is 2.54 bits per heavy atom. The van der Waals surface area contributed by atoms with Gasteiger partial charge in [0.15, 0.2) is 11.4 Å². The highest BCUT2D eigenvalue weighted by Crippen LogP contribution is 2.35. The van der Waals surface area contributed by atoms with Gasteiger partial charge in [-0.25, -0.2) is 23.1 Å². The SMILES string of the molecule is CCOC(=O)c1c(NC(=O)c2cnn3c(C(F)F)cc(-c4ccccc4)nc23)sc(C(C)=O)c1C. The lowest BCUT2D eigenvalue weighted by Gasteiger charge is -2.09. The maximum Gasteiger partial charge on any atom is 0.341 e. The number of carbonyl (C=O) groups excluding carboxylic acids is 3. The first-order valence-electron chi connectivity index (χ1n) is 10.6. The molecule has 1 N–H and O–H groups in total. The van der Waals surface area contributed by atoms with Crippen molar-refractivity contribution in [3.8, 4) is 11.3 Å². The second-order valence-electron chi connectivity index (χ2n) is 7.52. The molecule has 8 nitrogen and oxygen atoms in total. The van der Waals surface area contributed by atoms with E-state index in [4.69, 9.17) is 4.74 Å². The van der Waals surface area contributed by atoms with E-state index in [1.807, 2.05) is 0 Å². The molecule has 0 aliphatic heterocycles. The molecule has 0 saturated carbocycles. The lowest BCUT2D eigenvalue weighted by Crippen LogP contribution is -2.15. The third kappa shape index (κ3) is 4.54. The summed E-state index contributed by atoms with van der Waals surface area (Å²) in [5, 5.41) is 6.68. The Morgan fingerprint density at radius 1 is 1.20 bits per heavy atom. The van der Waals surface area contributed by atoms with Gasteiger partial charge in [-0.1, -0.05) is 30.3 Å². The Kier molecular flexibility index (Phi) is 6.70. The van der Waals surface area contributed by atoms with Crippen molar-refractivity contribution in [3.63, 3.8) is 0 Å². The maximum absolute atomic E-state index is 13.8. The maximum atomic E-state index is 13.8. The number of ether oxygens (including phenoxy) is 1. The van der Waals surface area contributed by atoms with Gasteiger partial charge in [0.05, 0.1) is 28.9 Å². The topological polar surface area (TPSA) is 103 Å². The highest BCUT2D eigenvalue weighted by Gasteiger charge is 2.27. The molecule has 0 bridgehead atoms. The molecule has 0 radical (unpaired) electrons. The van der Waals surface area contributed by atoms with E-state index < -0.39 is 24.0 Å². The van der Waals surface area contributed by atoms with Gasteiger partial charge in [-0.15, -0.1) is 11.3 Å². The van der Waals surface area contributed by atoms with Gasteiger partial charge >= 0.3 is 5.97 Å². The van der Waals surface area contributed by atoms with Crippen molar-refractivity contribution in [2.45, 2.75) is 27.2 Å². The smallest absolute Gasteiger partial charge is 0.341 e. The predicted octanol–water partition coefficient (Wildman–Crippen LogP) is 5.34. The van der Waals surface area contributed by atoms with Crippen molar-refractivity contribution >= 4 is 39.6 Å². The van der Waals surface area contributed by atoms with Crippen LogP contribution in [0.15, 0.2) is 42.6 Å². The summed E-state index contributed by atoms with van der Waals surface area (Å²) >= 11 is 0.938. The van der Waals surface area contributed by atoms with E-state index in [0.717, 1.165) is 22.0 Å². The number of aromatic nitrogens is 3. The Balaban J connectivity index is 1.80. The zero-order valence-corrected chi connectivity index (χ0v) is 19.8. The number of fused-ring (bicyclic) bond motifs is 1. The molecule has 0 aliphatic carbocycles. The van der Waals surface area contributed by atoms with Crippen molar-refractivity contribution in [2.75, 3.05) is 11.9 Å². The fraction of sp³-hybridized carbons (Fsp3) is 0.208. The summed E-state index contributed by atoms with van der Waals surface area (Å²) < 4.78 is 33.6. The minimum atomic E-state index is -2.87. The van der Waals surface area contributed by atoms with Gasteiger partial charge in [-0.3, -0.25) is 9.59 Å². The van der Waals surface area contributed by atoms with E-state index in [2.05, 4.69) is 15.4 Å². The van der Waals surface area contributed by atoms with Crippen molar-refractivity contribution in [3.05, 3.63) is 69.9 Å². The highest BCUT2D eigenvalue weighted by atomic mass is 32.1. The number of rotatable bonds is 7. The summed E-state index contributed by atoms with van der Waals surface area (Å²) in [7, 11) is 0.